The Kier molecular flexibility index (Phi) is 5.80. The first-order valence-electron chi connectivity index (χ1n) is 5.62. The van der Waals surface area contributed by atoms with E-state index in [9.17, 15) is 0 Å². The molecule has 0 bridgehead atoms. The van der Waals surface area contributed by atoms with Gasteiger partial charge in [-0.2, -0.15) is 0 Å². The molecule has 3 nitrogen and oxygen atoms in total. The van der Waals surface area contributed by atoms with Gasteiger partial charge in [-0.05, 0) is 32.6 Å². The van der Waals surface area contributed by atoms with Gasteiger partial charge in [0.2, 0.25) is 0 Å². The SMILES string of the molecule is CCC(N)c1ccc(SCCN(C)C)cn1. The van der Waals surface area contributed by atoms with Crippen LogP contribution in [0.1, 0.15) is 25.1 Å². The van der Waals surface area contributed by atoms with Crippen molar-refractivity contribution in [3.63, 3.8) is 0 Å². The van der Waals surface area contributed by atoms with Gasteiger partial charge in [0.15, 0.2) is 0 Å². The summed E-state index contributed by atoms with van der Waals surface area (Å²) in [4.78, 5) is 7.79. The minimum absolute atomic E-state index is 0.0702. The Balaban J connectivity index is 2.45. The first-order chi connectivity index (χ1) is 7.63. The van der Waals surface area contributed by atoms with E-state index in [1.165, 1.54) is 4.90 Å². The Morgan fingerprint density at radius 2 is 2.19 bits per heavy atom. The number of aromatic nitrogens is 1. The molecule has 1 heterocycles. The van der Waals surface area contributed by atoms with Gasteiger partial charge in [-0.15, -0.1) is 11.8 Å². The number of hydrogen-bond donors (Lipinski definition) is 1. The Bertz CT molecular complexity index is 298. The van der Waals surface area contributed by atoms with E-state index < -0.39 is 0 Å². The van der Waals surface area contributed by atoms with Gasteiger partial charge < -0.3 is 10.6 Å². The van der Waals surface area contributed by atoms with E-state index in [1.54, 1.807) is 0 Å². The van der Waals surface area contributed by atoms with Crippen LogP contribution in [0.25, 0.3) is 0 Å². The molecule has 1 rings (SSSR count). The van der Waals surface area contributed by atoms with Crippen LogP contribution in [-0.2, 0) is 0 Å². The van der Waals surface area contributed by atoms with E-state index in [4.69, 9.17) is 5.73 Å². The second kappa shape index (κ2) is 6.89. The molecule has 0 aliphatic heterocycles. The van der Waals surface area contributed by atoms with E-state index >= 15 is 0 Å². The maximum atomic E-state index is 5.91. The Labute approximate surface area is 102 Å². The fourth-order valence-electron chi connectivity index (χ4n) is 1.25. The second-order valence-electron chi connectivity index (χ2n) is 4.09. The standard InChI is InChI=1S/C12H21N3S/c1-4-11(13)12-6-5-10(9-14-12)16-8-7-15(2)3/h5-6,9,11H,4,7-8,13H2,1-3H3. The van der Waals surface area contributed by atoms with E-state index in [0.29, 0.717) is 0 Å². The van der Waals surface area contributed by atoms with Gasteiger partial charge in [-0.1, -0.05) is 6.92 Å². The van der Waals surface area contributed by atoms with Crippen molar-refractivity contribution in [2.75, 3.05) is 26.4 Å². The van der Waals surface area contributed by atoms with Crippen molar-refractivity contribution in [1.82, 2.24) is 9.88 Å². The van der Waals surface area contributed by atoms with Gasteiger partial charge in [0.25, 0.3) is 0 Å². The molecule has 0 radical (unpaired) electrons. The van der Waals surface area contributed by atoms with Crippen molar-refractivity contribution >= 4 is 11.8 Å². The predicted molar refractivity (Wildman–Crippen MR) is 70.7 cm³/mol. The van der Waals surface area contributed by atoms with Crippen LogP contribution in [-0.4, -0.2) is 36.3 Å². The quantitative estimate of drug-likeness (QED) is 0.772. The third-order valence-electron chi connectivity index (χ3n) is 2.39. The molecule has 1 aromatic rings. The summed E-state index contributed by atoms with van der Waals surface area (Å²) >= 11 is 1.83. The topological polar surface area (TPSA) is 42.1 Å². The molecule has 0 aromatic carbocycles. The van der Waals surface area contributed by atoms with Gasteiger partial charge in [-0.3, -0.25) is 4.98 Å². The zero-order valence-electron chi connectivity index (χ0n) is 10.3. The maximum Gasteiger partial charge on any atom is 0.0571 e. The van der Waals surface area contributed by atoms with Crippen LogP contribution in [0.5, 0.6) is 0 Å². The third kappa shape index (κ3) is 4.51. The van der Waals surface area contributed by atoms with Crippen LogP contribution in [0.4, 0.5) is 0 Å². The highest BCUT2D eigenvalue weighted by molar-refractivity contribution is 7.99. The summed E-state index contributed by atoms with van der Waals surface area (Å²) in [5.41, 5.74) is 6.89. The number of nitrogens with zero attached hydrogens (tertiary/aromatic N) is 2. The minimum atomic E-state index is 0.0702. The van der Waals surface area contributed by atoms with E-state index in [0.717, 1.165) is 24.4 Å². The van der Waals surface area contributed by atoms with Gasteiger partial charge >= 0.3 is 0 Å². The van der Waals surface area contributed by atoms with Crippen molar-refractivity contribution in [1.29, 1.82) is 0 Å². The number of pyridine rings is 1. The number of nitrogens with two attached hydrogens (primary N) is 1. The van der Waals surface area contributed by atoms with Crippen molar-refractivity contribution in [3.8, 4) is 0 Å². The van der Waals surface area contributed by atoms with Crippen LogP contribution in [0, 0.1) is 0 Å². The maximum absolute atomic E-state index is 5.91. The monoisotopic (exact) mass is 239 g/mol. The summed E-state index contributed by atoms with van der Waals surface area (Å²) in [6.07, 6.45) is 2.85. The highest BCUT2D eigenvalue weighted by atomic mass is 32.2. The zero-order valence-corrected chi connectivity index (χ0v) is 11.1. The molecule has 0 amide bonds. The largest absolute Gasteiger partial charge is 0.323 e. The molecule has 2 N–H and O–H groups in total. The second-order valence-corrected chi connectivity index (χ2v) is 5.25. The summed E-state index contributed by atoms with van der Waals surface area (Å²) in [6.45, 7) is 3.16. The lowest BCUT2D eigenvalue weighted by atomic mass is 10.1. The summed E-state index contributed by atoms with van der Waals surface area (Å²) in [5, 5.41) is 0. The predicted octanol–water partition coefficient (Wildman–Crippen LogP) is 2.15. The number of hydrogen-bond acceptors (Lipinski definition) is 4. The van der Waals surface area contributed by atoms with E-state index in [1.807, 2.05) is 24.0 Å². The van der Waals surface area contributed by atoms with E-state index in [2.05, 4.69) is 37.0 Å². The Hall–Kier alpha value is -0.580. The zero-order chi connectivity index (χ0) is 12.0. The summed E-state index contributed by atoms with van der Waals surface area (Å²) in [7, 11) is 4.17. The lowest BCUT2D eigenvalue weighted by Crippen LogP contribution is -2.14. The van der Waals surface area contributed by atoms with Crippen LogP contribution in [0.3, 0.4) is 0 Å². The molecule has 90 valence electrons. The van der Waals surface area contributed by atoms with Gasteiger partial charge in [0, 0.05) is 29.4 Å². The van der Waals surface area contributed by atoms with Crippen LogP contribution in [0.15, 0.2) is 23.2 Å². The van der Waals surface area contributed by atoms with Gasteiger partial charge in [0.1, 0.15) is 0 Å². The van der Waals surface area contributed by atoms with E-state index in [-0.39, 0.29) is 6.04 Å². The van der Waals surface area contributed by atoms with Crippen molar-refractivity contribution in [3.05, 3.63) is 24.0 Å². The molecule has 1 atom stereocenters. The molecule has 0 saturated carbocycles. The van der Waals surface area contributed by atoms with Crippen LogP contribution >= 0.6 is 11.8 Å². The first-order valence-corrected chi connectivity index (χ1v) is 6.61. The lowest BCUT2D eigenvalue weighted by molar-refractivity contribution is 0.437. The fourth-order valence-corrected chi connectivity index (χ4v) is 2.24. The first kappa shape index (κ1) is 13.5. The summed E-state index contributed by atoms with van der Waals surface area (Å²) in [5.74, 6) is 1.09. The molecular formula is C12H21N3S. The molecule has 4 heteroatoms. The van der Waals surface area contributed by atoms with Crippen molar-refractivity contribution < 1.29 is 0 Å². The molecule has 1 aromatic heterocycles. The van der Waals surface area contributed by atoms with Crippen LogP contribution < -0.4 is 5.73 Å². The molecular weight excluding hydrogens is 218 g/mol. The fraction of sp³-hybridized carbons (Fsp3) is 0.583. The Morgan fingerprint density at radius 3 is 2.69 bits per heavy atom. The van der Waals surface area contributed by atoms with Gasteiger partial charge in [0.05, 0.1) is 5.69 Å². The number of thioether (sulfide) groups is 1. The molecule has 0 aliphatic rings. The highest BCUT2D eigenvalue weighted by Gasteiger charge is 2.04. The van der Waals surface area contributed by atoms with Crippen molar-refractivity contribution in [2.24, 2.45) is 5.73 Å². The lowest BCUT2D eigenvalue weighted by Gasteiger charge is -2.10. The smallest absolute Gasteiger partial charge is 0.0571 e. The molecule has 0 aliphatic carbocycles. The molecule has 0 saturated heterocycles. The average molecular weight is 239 g/mol. The Morgan fingerprint density at radius 1 is 1.44 bits per heavy atom. The van der Waals surface area contributed by atoms with Crippen molar-refractivity contribution in [2.45, 2.75) is 24.3 Å². The number of rotatable bonds is 6. The third-order valence-corrected chi connectivity index (χ3v) is 3.35. The molecule has 1 unspecified atom stereocenters. The summed E-state index contributed by atoms with van der Waals surface area (Å²) in [6, 6.07) is 4.21. The van der Waals surface area contributed by atoms with Gasteiger partial charge in [-0.25, -0.2) is 0 Å². The average Bonchev–Trinajstić information content (AvgIpc) is 2.28. The highest BCUT2D eigenvalue weighted by Crippen LogP contribution is 2.19. The molecule has 0 spiro atoms. The molecule has 16 heavy (non-hydrogen) atoms. The molecule has 0 fully saturated rings. The minimum Gasteiger partial charge on any atom is -0.323 e. The normalized spacial score (nSPS) is 13.1. The van der Waals surface area contributed by atoms with Crippen LogP contribution in [0.2, 0.25) is 0 Å². The summed E-state index contributed by atoms with van der Waals surface area (Å²) < 4.78 is 0.